The summed E-state index contributed by atoms with van der Waals surface area (Å²) in [7, 11) is 0. The van der Waals surface area contributed by atoms with Crippen molar-refractivity contribution in [3.8, 4) is 0 Å². The van der Waals surface area contributed by atoms with E-state index in [1.165, 1.54) is 64.7 Å². The molecule has 190 valence electrons. The molecule has 0 spiro atoms. The minimum Gasteiger partial charge on any atom is -0.300 e. The second-order valence-corrected chi connectivity index (χ2v) is 9.47. The van der Waals surface area contributed by atoms with Crippen LogP contribution in [0.3, 0.4) is 0 Å². The first-order valence-corrected chi connectivity index (χ1v) is 13.9. The molecular formula is C30H52O3. The van der Waals surface area contributed by atoms with Gasteiger partial charge in [0.2, 0.25) is 0 Å². The maximum Gasteiger partial charge on any atom is 0.198 e. The molecule has 0 saturated carbocycles. The highest BCUT2D eigenvalue weighted by Gasteiger charge is 2.07. The molecule has 0 atom stereocenters. The van der Waals surface area contributed by atoms with E-state index in [0.717, 1.165) is 57.8 Å². The Morgan fingerprint density at radius 3 is 1.45 bits per heavy atom. The van der Waals surface area contributed by atoms with Gasteiger partial charge in [0.25, 0.3) is 0 Å². The van der Waals surface area contributed by atoms with Gasteiger partial charge in [-0.1, -0.05) is 95.4 Å². The molecule has 0 heterocycles. The predicted molar refractivity (Wildman–Crippen MR) is 142 cm³/mol. The Morgan fingerprint density at radius 2 is 0.939 bits per heavy atom. The zero-order valence-electron chi connectivity index (χ0n) is 21.9. The molecule has 3 nitrogen and oxygen atoms in total. The Morgan fingerprint density at radius 1 is 0.515 bits per heavy atom. The second-order valence-electron chi connectivity index (χ2n) is 9.47. The first kappa shape index (κ1) is 31.5. The summed E-state index contributed by atoms with van der Waals surface area (Å²) < 4.78 is 0. The van der Waals surface area contributed by atoms with Gasteiger partial charge in [0, 0.05) is 26.2 Å². The van der Waals surface area contributed by atoms with Crippen molar-refractivity contribution < 1.29 is 14.4 Å². The molecule has 0 rings (SSSR count). The highest BCUT2D eigenvalue weighted by molar-refractivity contribution is 6.36. The highest BCUT2D eigenvalue weighted by Crippen LogP contribution is 2.11. The Bertz CT molecular complexity index is 545. The summed E-state index contributed by atoms with van der Waals surface area (Å²) in [5, 5.41) is 0. The number of rotatable bonds is 25. The first-order chi connectivity index (χ1) is 16.1. The molecule has 0 aromatic rings. The van der Waals surface area contributed by atoms with Gasteiger partial charge < -0.3 is 0 Å². The lowest BCUT2D eigenvalue weighted by molar-refractivity contribution is -0.135. The summed E-state index contributed by atoms with van der Waals surface area (Å²) in [6.07, 6.45) is 32.2. The fraction of sp³-hybridized carbons (Fsp3) is 0.767. The van der Waals surface area contributed by atoms with Crippen LogP contribution in [-0.2, 0) is 14.4 Å². The van der Waals surface area contributed by atoms with E-state index in [-0.39, 0.29) is 11.6 Å². The lowest BCUT2D eigenvalue weighted by Gasteiger charge is -2.02. The van der Waals surface area contributed by atoms with E-state index in [1.807, 2.05) is 0 Å². The summed E-state index contributed by atoms with van der Waals surface area (Å²) in [6, 6.07) is 0. The number of hydrogen-bond acceptors (Lipinski definition) is 3. The van der Waals surface area contributed by atoms with Crippen molar-refractivity contribution in [2.24, 2.45) is 0 Å². The highest BCUT2D eigenvalue weighted by atomic mass is 16.2. The molecule has 0 aromatic carbocycles. The summed E-state index contributed by atoms with van der Waals surface area (Å²) in [5.41, 5.74) is 0. The third-order valence-electron chi connectivity index (χ3n) is 6.16. The molecular weight excluding hydrogens is 408 g/mol. The minimum atomic E-state index is -0.346. The quantitative estimate of drug-likeness (QED) is 0.0775. The monoisotopic (exact) mass is 460 g/mol. The van der Waals surface area contributed by atoms with Gasteiger partial charge in [-0.25, -0.2) is 0 Å². The first-order valence-electron chi connectivity index (χ1n) is 13.9. The van der Waals surface area contributed by atoms with Crippen molar-refractivity contribution in [1.29, 1.82) is 0 Å². The fourth-order valence-corrected chi connectivity index (χ4v) is 3.93. The number of allylic oxidation sites excluding steroid dienone is 4. The zero-order valence-corrected chi connectivity index (χ0v) is 21.9. The third kappa shape index (κ3) is 25.0. The van der Waals surface area contributed by atoms with Crippen LogP contribution in [0, 0.1) is 0 Å². The van der Waals surface area contributed by atoms with Crippen molar-refractivity contribution in [3.63, 3.8) is 0 Å². The lowest BCUT2D eigenvalue weighted by Crippen LogP contribution is -2.08. The van der Waals surface area contributed by atoms with Crippen molar-refractivity contribution in [1.82, 2.24) is 0 Å². The van der Waals surface area contributed by atoms with Crippen LogP contribution in [0.25, 0.3) is 0 Å². The van der Waals surface area contributed by atoms with E-state index in [9.17, 15) is 14.4 Å². The van der Waals surface area contributed by atoms with E-state index in [2.05, 4.69) is 31.2 Å². The molecule has 0 aromatic heterocycles. The summed E-state index contributed by atoms with van der Waals surface area (Å²) in [6.45, 7) is 3.60. The van der Waals surface area contributed by atoms with E-state index < -0.39 is 0 Å². The number of carbonyl (C=O) groups excluding carboxylic acids is 3. The van der Waals surface area contributed by atoms with Crippen LogP contribution in [0.5, 0.6) is 0 Å². The molecule has 0 aliphatic carbocycles. The van der Waals surface area contributed by atoms with Crippen LogP contribution in [0.2, 0.25) is 0 Å². The third-order valence-corrected chi connectivity index (χ3v) is 6.16. The average molecular weight is 461 g/mol. The number of unbranched alkanes of at least 4 members (excludes halogenated alkanes) is 14. The zero-order chi connectivity index (χ0) is 24.4. The number of carbonyl (C=O) groups is 3. The minimum absolute atomic E-state index is 0.272. The van der Waals surface area contributed by atoms with Gasteiger partial charge in [0.05, 0.1) is 0 Å². The summed E-state index contributed by atoms with van der Waals surface area (Å²) in [4.78, 5) is 34.0. The summed E-state index contributed by atoms with van der Waals surface area (Å²) in [5.74, 6) is -0.250. The molecule has 0 bridgehead atoms. The Balaban J connectivity index is 3.35. The molecule has 0 amide bonds. The standard InChI is InChI=1S/C30H52O3/c1-3-4-5-6-7-8-9-10-11-12-13-14-15-16-17-18-19-22-25-29(32)26-23-20-21-24-27-30(33)28(2)31/h12-13,15-16H,3-11,14,17-27H2,1-2H3/b13-12+,16-15+. The molecule has 0 N–H and O–H groups in total. The van der Waals surface area contributed by atoms with Crippen molar-refractivity contribution in [2.75, 3.05) is 0 Å². The van der Waals surface area contributed by atoms with E-state index in [1.54, 1.807) is 0 Å². The Kier molecular flexibility index (Phi) is 24.0. The van der Waals surface area contributed by atoms with E-state index >= 15 is 0 Å². The second kappa shape index (κ2) is 25.1. The average Bonchev–Trinajstić information content (AvgIpc) is 2.80. The molecule has 0 saturated heterocycles. The molecule has 0 unspecified atom stereocenters. The smallest absolute Gasteiger partial charge is 0.198 e. The van der Waals surface area contributed by atoms with Gasteiger partial charge in [0.1, 0.15) is 5.78 Å². The molecule has 0 fully saturated rings. The van der Waals surface area contributed by atoms with Crippen molar-refractivity contribution in [2.45, 2.75) is 149 Å². The normalized spacial score (nSPS) is 11.6. The molecule has 0 aliphatic rings. The molecule has 3 heteroatoms. The van der Waals surface area contributed by atoms with E-state index in [4.69, 9.17) is 0 Å². The fourth-order valence-electron chi connectivity index (χ4n) is 3.93. The molecule has 0 aliphatic heterocycles. The Hall–Kier alpha value is -1.51. The number of hydrogen-bond donors (Lipinski definition) is 0. The van der Waals surface area contributed by atoms with Crippen LogP contribution in [0.1, 0.15) is 149 Å². The van der Waals surface area contributed by atoms with Gasteiger partial charge >= 0.3 is 0 Å². The topological polar surface area (TPSA) is 51.2 Å². The molecule has 0 radical (unpaired) electrons. The van der Waals surface area contributed by atoms with Gasteiger partial charge in [0.15, 0.2) is 11.6 Å². The predicted octanol–water partition coefficient (Wildman–Crippen LogP) is 9.04. The lowest BCUT2D eigenvalue weighted by atomic mass is 10.0. The maximum absolute atomic E-state index is 11.9. The van der Waals surface area contributed by atoms with E-state index in [0.29, 0.717) is 25.0 Å². The van der Waals surface area contributed by atoms with Gasteiger partial charge in [-0.15, -0.1) is 0 Å². The van der Waals surface area contributed by atoms with Crippen molar-refractivity contribution in [3.05, 3.63) is 24.3 Å². The number of Topliss-reactive ketones (excluding diaryl/α,β-unsaturated/α-hetero) is 3. The summed E-state index contributed by atoms with van der Waals surface area (Å²) >= 11 is 0. The van der Waals surface area contributed by atoms with Crippen molar-refractivity contribution >= 4 is 17.3 Å². The van der Waals surface area contributed by atoms with Gasteiger partial charge in [-0.2, -0.15) is 0 Å². The number of ketones is 3. The van der Waals surface area contributed by atoms with Crippen LogP contribution in [-0.4, -0.2) is 17.3 Å². The SMILES string of the molecule is CCCCCCCCCC/C=C/C/C=C/CCCCCC(=O)CCCCCCC(=O)C(C)=O. The molecule has 33 heavy (non-hydrogen) atoms. The van der Waals surface area contributed by atoms with Gasteiger partial charge in [-0.3, -0.25) is 14.4 Å². The van der Waals surface area contributed by atoms with Gasteiger partial charge in [-0.05, 0) is 51.4 Å². The largest absolute Gasteiger partial charge is 0.300 e. The van der Waals surface area contributed by atoms with Crippen LogP contribution >= 0.6 is 0 Å². The maximum atomic E-state index is 11.9. The van der Waals surface area contributed by atoms with Crippen LogP contribution in [0.4, 0.5) is 0 Å². The van der Waals surface area contributed by atoms with Crippen LogP contribution in [0.15, 0.2) is 24.3 Å². The van der Waals surface area contributed by atoms with Crippen LogP contribution < -0.4 is 0 Å². The Labute approximate surface area is 204 Å².